The number of allylic oxidation sites excluding steroid dienone is 1. The second-order valence-electron chi connectivity index (χ2n) is 6.41. The minimum Gasteiger partial charge on any atom is -0.497 e. The number of benzene rings is 3. The summed E-state index contributed by atoms with van der Waals surface area (Å²) in [7, 11) is 3.12. The summed E-state index contributed by atoms with van der Waals surface area (Å²) in [6.45, 7) is 0.375. The lowest BCUT2D eigenvalue weighted by molar-refractivity contribution is 0.104. The van der Waals surface area contributed by atoms with Gasteiger partial charge < -0.3 is 14.2 Å². The van der Waals surface area contributed by atoms with Crippen LogP contribution < -0.4 is 14.2 Å². The van der Waals surface area contributed by atoms with Crippen molar-refractivity contribution in [3.8, 4) is 23.3 Å². The summed E-state index contributed by atoms with van der Waals surface area (Å²) in [4.78, 5) is 12.7. The van der Waals surface area contributed by atoms with Crippen LogP contribution in [-0.2, 0) is 6.61 Å². The molecule has 0 unspecified atom stereocenters. The predicted molar refractivity (Wildman–Crippen MR) is 115 cm³/mol. The van der Waals surface area contributed by atoms with Gasteiger partial charge in [-0.1, -0.05) is 36.4 Å². The minimum atomic E-state index is -0.359. The van der Waals surface area contributed by atoms with Crippen molar-refractivity contribution < 1.29 is 19.0 Å². The second kappa shape index (κ2) is 9.94. The van der Waals surface area contributed by atoms with E-state index in [0.29, 0.717) is 35.0 Å². The number of hydrogen-bond donors (Lipinski definition) is 0. The molecule has 3 aromatic rings. The molecule has 0 aliphatic rings. The van der Waals surface area contributed by atoms with Crippen molar-refractivity contribution in [3.63, 3.8) is 0 Å². The van der Waals surface area contributed by atoms with Gasteiger partial charge in [-0.3, -0.25) is 4.79 Å². The Kier molecular flexibility index (Phi) is 6.86. The molecule has 30 heavy (non-hydrogen) atoms. The third kappa shape index (κ3) is 5.06. The number of methoxy groups -OCH3 is 2. The van der Waals surface area contributed by atoms with Gasteiger partial charge in [-0.2, -0.15) is 5.26 Å². The highest BCUT2D eigenvalue weighted by Crippen LogP contribution is 2.30. The molecule has 0 N–H and O–H groups in total. The standard InChI is InChI=1S/C25H21NO4/c1-28-22-11-9-20(10-12-22)25(27)21(16-26)14-19-8-13-23(29-2)24(15-19)30-17-18-6-4-3-5-7-18/h3-15H,17H2,1-2H3. The van der Waals surface area contributed by atoms with E-state index in [2.05, 4.69) is 0 Å². The molecule has 0 saturated heterocycles. The highest BCUT2D eigenvalue weighted by Gasteiger charge is 2.13. The van der Waals surface area contributed by atoms with Crippen LogP contribution in [0.1, 0.15) is 21.5 Å². The van der Waals surface area contributed by atoms with Gasteiger partial charge in [0.15, 0.2) is 11.5 Å². The zero-order chi connectivity index (χ0) is 21.3. The van der Waals surface area contributed by atoms with Crippen LogP contribution >= 0.6 is 0 Å². The number of carbonyl (C=O) groups is 1. The summed E-state index contributed by atoms with van der Waals surface area (Å²) >= 11 is 0. The zero-order valence-electron chi connectivity index (χ0n) is 16.8. The fraction of sp³-hybridized carbons (Fsp3) is 0.120. The quantitative estimate of drug-likeness (QED) is 0.300. The van der Waals surface area contributed by atoms with E-state index in [9.17, 15) is 10.1 Å². The van der Waals surface area contributed by atoms with Crippen LogP contribution in [0.3, 0.4) is 0 Å². The number of hydrogen-bond acceptors (Lipinski definition) is 5. The lowest BCUT2D eigenvalue weighted by atomic mass is 10.0. The molecule has 0 saturated carbocycles. The van der Waals surface area contributed by atoms with Gasteiger partial charge in [0, 0.05) is 5.56 Å². The average Bonchev–Trinajstić information content (AvgIpc) is 2.81. The molecule has 0 fully saturated rings. The van der Waals surface area contributed by atoms with Crippen LogP contribution in [0.25, 0.3) is 6.08 Å². The normalized spacial score (nSPS) is 10.8. The van der Waals surface area contributed by atoms with E-state index < -0.39 is 0 Å². The van der Waals surface area contributed by atoms with E-state index in [-0.39, 0.29) is 11.4 Å². The molecule has 0 amide bonds. The number of rotatable bonds is 8. The van der Waals surface area contributed by atoms with Crippen molar-refractivity contribution in [3.05, 3.63) is 95.1 Å². The Balaban J connectivity index is 1.84. The van der Waals surface area contributed by atoms with Gasteiger partial charge in [0.05, 0.1) is 14.2 Å². The van der Waals surface area contributed by atoms with E-state index in [0.717, 1.165) is 5.56 Å². The van der Waals surface area contributed by atoms with Crippen molar-refractivity contribution in [1.82, 2.24) is 0 Å². The van der Waals surface area contributed by atoms with Crippen molar-refractivity contribution in [2.24, 2.45) is 0 Å². The molecule has 0 heterocycles. The van der Waals surface area contributed by atoms with E-state index in [4.69, 9.17) is 14.2 Å². The Bertz CT molecular complexity index is 1080. The summed E-state index contributed by atoms with van der Waals surface area (Å²) in [5.41, 5.74) is 2.13. The first-order valence-corrected chi connectivity index (χ1v) is 9.30. The summed E-state index contributed by atoms with van der Waals surface area (Å²) in [5.74, 6) is 1.39. The maximum absolute atomic E-state index is 12.7. The molecule has 0 aromatic heterocycles. The molecule has 0 radical (unpaired) electrons. The Hall–Kier alpha value is -4.04. The Labute approximate surface area is 175 Å². The lowest BCUT2D eigenvalue weighted by Crippen LogP contribution is -2.02. The number of ketones is 1. The Morgan fingerprint density at radius 3 is 2.30 bits per heavy atom. The van der Waals surface area contributed by atoms with Crippen LogP contribution in [-0.4, -0.2) is 20.0 Å². The number of carbonyl (C=O) groups excluding carboxylic acids is 1. The third-order valence-electron chi connectivity index (χ3n) is 4.45. The van der Waals surface area contributed by atoms with Crippen LogP contribution in [0.15, 0.2) is 78.4 Å². The first kappa shape index (κ1) is 20.7. The SMILES string of the molecule is COc1ccc(C(=O)C(C#N)=Cc2ccc(OC)c(OCc3ccccc3)c2)cc1. The molecular formula is C25H21NO4. The van der Waals surface area contributed by atoms with E-state index in [1.165, 1.54) is 0 Å². The maximum atomic E-state index is 12.7. The topological polar surface area (TPSA) is 68.6 Å². The average molecular weight is 399 g/mol. The van der Waals surface area contributed by atoms with E-state index >= 15 is 0 Å². The monoisotopic (exact) mass is 399 g/mol. The molecule has 3 aromatic carbocycles. The first-order chi connectivity index (χ1) is 14.6. The molecule has 0 aliphatic heterocycles. The fourth-order valence-corrected chi connectivity index (χ4v) is 2.84. The lowest BCUT2D eigenvalue weighted by Gasteiger charge is -2.12. The molecule has 5 heteroatoms. The molecule has 3 rings (SSSR count). The molecule has 0 spiro atoms. The fourth-order valence-electron chi connectivity index (χ4n) is 2.84. The third-order valence-corrected chi connectivity index (χ3v) is 4.45. The number of nitrogens with zero attached hydrogens (tertiary/aromatic N) is 1. The van der Waals surface area contributed by atoms with Crippen LogP contribution in [0, 0.1) is 11.3 Å². The van der Waals surface area contributed by atoms with Crippen LogP contribution in [0.4, 0.5) is 0 Å². The van der Waals surface area contributed by atoms with Gasteiger partial charge in [0.2, 0.25) is 5.78 Å². The zero-order valence-corrected chi connectivity index (χ0v) is 16.8. The van der Waals surface area contributed by atoms with Crippen LogP contribution in [0.5, 0.6) is 17.2 Å². The van der Waals surface area contributed by atoms with Crippen molar-refractivity contribution >= 4 is 11.9 Å². The van der Waals surface area contributed by atoms with Crippen molar-refractivity contribution in [2.45, 2.75) is 6.61 Å². The van der Waals surface area contributed by atoms with Gasteiger partial charge in [-0.05, 0) is 53.6 Å². The smallest absolute Gasteiger partial charge is 0.203 e. The minimum absolute atomic E-state index is 0.0272. The van der Waals surface area contributed by atoms with Crippen LogP contribution in [0.2, 0.25) is 0 Å². The molecule has 5 nitrogen and oxygen atoms in total. The van der Waals surface area contributed by atoms with E-state index in [1.54, 1.807) is 62.8 Å². The van der Waals surface area contributed by atoms with E-state index in [1.807, 2.05) is 36.4 Å². The summed E-state index contributed by atoms with van der Waals surface area (Å²) < 4.78 is 16.4. The Morgan fingerprint density at radius 1 is 0.933 bits per heavy atom. The number of Topliss-reactive ketones (excluding diaryl/α,β-unsaturated/α-hetero) is 1. The first-order valence-electron chi connectivity index (χ1n) is 9.30. The van der Waals surface area contributed by atoms with Crippen molar-refractivity contribution in [2.75, 3.05) is 14.2 Å². The summed E-state index contributed by atoms with van der Waals surface area (Å²) in [5, 5.41) is 9.52. The highest BCUT2D eigenvalue weighted by atomic mass is 16.5. The number of nitriles is 1. The summed E-state index contributed by atoms with van der Waals surface area (Å²) in [6, 6.07) is 23.7. The predicted octanol–water partition coefficient (Wildman–Crippen LogP) is 5.07. The largest absolute Gasteiger partial charge is 0.497 e. The van der Waals surface area contributed by atoms with Crippen molar-refractivity contribution in [1.29, 1.82) is 5.26 Å². The second-order valence-corrected chi connectivity index (χ2v) is 6.41. The molecule has 0 atom stereocenters. The van der Waals surface area contributed by atoms with Gasteiger partial charge in [0.1, 0.15) is 24.0 Å². The highest BCUT2D eigenvalue weighted by molar-refractivity contribution is 6.14. The van der Waals surface area contributed by atoms with Gasteiger partial charge in [0.25, 0.3) is 0 Å². The van der Waals surface area contributed by atoms with Gasteiger partial charge >= 0.3 is 0 Å². The number of ether oxygens (including phenoxy) is 3. The Morgan fingerprint density at radius 2 is 1.67 bits per heavy atom. The molecule has 150 valence electrons. The molecule has 0 bridgehead atoms. The van der Waals surface area contributed by atoms with Gasteiger partial charge in [-0.15, -0.1) is 0 Å². The molecule has 0 aliphatic carbocycles. The van der Waals surface area contributed by atoms with Gasteiger partial charge in [-0.25, -0.2) is 0 Å². The summed E-state index contributed by atoms with van der Waals surface area (Å²) in [6.07, 6.45) is 1.54. The molecular weight excluding hydrogens is 378 g/mol. The maximum Gasteiger partial charge on any atom is 0.203 e.